The average Bonchev–Trinajstić information content (AvgIpc) is 2.77. The van der Waals surface area contributed by atoms with Gasteiger partial charge in [-0.2, -0.15) is 0 Å². The molecule has 1 N–H and O–H groups in total. The third kappa shape index (κ3) is 5.09. The molecule has 3 rings (SSSR count). The van der Waals surface area contributed by atoms with E-state index in [0.717, 1.165) is 28.1 Å². The van der Waals surface area contributed by atoms with Crippen LogP contribution in [0.3, 0.4) is 0 Å². The minimum atomic E-state index is -1.31. The molecule has 3 heteroatoms. The predicted octanol–water partition coefficient (Wildman–Crippen LogP) is 6.64. The Bertz CT molecular complexity index is 1050. The molecule has 0 aromatic heterocycles. The van der Waals surface area contributed by atoms with Crippen molar-refractivity contribution >= 4 is 5.69 Å². The predicted molar refractivity (Wildman–Crippen MR) is 140 cm³/mol. The summed E-state index contributed by atoms with van der Waals surface area (Å²) in [5.41, 5.74) is 4.63. The van der Waals surface area contributed by atoms with E-state index < -0.39 is 5.60 Å². The molecular weight excluding hydrogens is 406 g/mol. The molecule has 0 heterocycles. The van der Waals surface area contributed by atoms with Crippen molar-refractivity contribution in [1.29, 1.82) is 0 Å². The van der Waals surface area contributed by atoms with Gasteiger partial charge < -0.3 is 14.7 Å². The van der Waals surface area contributed by atoms with Gasteiger partial charge in [0.05, 0.1) is 7.11 Å². The fraction of sp³-hybridized carbons (Fsp3) is 0.400. The molecule has 0 aliphatic rings. The van der Waals surface area contributed by atoms with Gasteiger partial charge in [-0.1, -0.05) is 84.0 Å². The highest BCUT2D eigenvalue weighted by atomic mass is 16.5. The summed E-state index contributed by atoms with van der Waals surface area (Å²) < 4.78 is 5.38. The van der Waals surface area contributed by atoms with Gasteiger partial charge in [-0.3, -0.25) is 0 Å². The number of methoxy groups -OCH3 is 1. The van der Waals surface area contributed by atoms with E-state index in [1.54, 1.807) is 7.11 Å². The van der Waals surface area contributed by atoms with E-state index in [4.69, 9.17) is 4.74 Å². The number of anilines is 1. The Morgan fingerprint density at radius 2 is 1.00 bits per heavy atom. The number of aliphatic hydroxyl groups is 1. The van der Waals surface area contributed by atoms with E-state index in [9.17, 15) is 5.11 Å². The van der Waals surface area contributed by atoms with Crippen LogP contribution in [0.4, 0.5) is 5.69 Å². The maximum Gasteiger partial charge on any atom is 0.140 e. The lowest BCUT2D eigenvalue weighted by molar-refractivity contribution is 0.125. The molecule has 3 aromatic rings. The zero-order valence-corrected chi connectivity index (χ0v) is 21.7. The fourth-order valence-corrected chi connectivity index (χ4v) is 4.04. The first-order chi connectivity index (χ1) is 15.3. The first-order valence-electron chi connectivity index (χ1n) is 11.6. The first kappa shape index (κ1) is 24.9. The Balaban J connectivity index is 2.33. The number of nitrogens with zero attached hydrogens (tertiary/aromatic N) is 1. The second-order valence-corrected chi connectivity index (χ2v) is 11.2. The molecule has 1 atom stereocenters. The quantitative estimate of drug-likeness (QED) is 0.447. The number of hydrogen-bond acceptors (Lipinski definition) is 3. The third-order valence-corrected chi connectivity index (χ3v) is 6.39. The molecule has 0 spiro atoms. The van der Waals surface area contributed by atoms with Gasteiger partial charge in [-0.05, 0) is 62.9 Å². The van der Waals surface area contributed by atoms with Crippen LogP contribution in [0, 0.1) is 0 Å². The molecule has 1 unspecified atom stereocenters. The zero-order chi connectivity index (χ0) is 24.6. The lowest BCUT2D eigenvalue weighted by atomic mass is 9.74. The van der Waals surface area contributed by atoms with Gasteiger partial charge >= 0.3 is 0 Å². The van der Waals surface area contributed by atoms with Crippen molar-refractivity contribution in [1.82, 2.24) is 0 Å². The van der Waals surface area contributed by atoms with Crippen molar-refractivity contribution in [2.75, 3.05) is 26.1 Å². The van der Waals surface area contributed by atoms with Gasteiger partial charge in [0.15, 0.2) is 0 Å². The SMILES string of the molecule is COc1ccc(C(O)(c2ccc(N(C)C)cc2)c2cc(C(C)(C)C)cc(C(C)(C)C)c2)cc1. The van der Waals surface area contributed by atoms with E-state index in [-0.39, 0.29) is 10.8 Å². The molecule has 0 bridgehead atoms. The van der Waals surface area contributed by atoms with Crippen molar-refractivity contribution in [2.45, 2.75) is 58.0 Å². The first-order valence-corrected chi connectivity index (χ1v) is 11.6. The highest BCUT2D eigenvalue weighted by Gasteiger charge is 2.36. The van der Waals surface area contributed by atoms with E-state index in [1.165, 1.54) is 11.1 Å². The monoisotopic (exact) mass is 445 g/mol. The van der Waals surface area contributed by atoms with E-state index >= 15 is 0 Å². The molecule has 3 aromatic carbocycles. The minimum Gasteiger partial charge on any atom is -0.497 e. The van der Waals surface area contributed by atoms with Crippen molar-refractivity contribution in [3.05, 3.63) is 94.5 Å². The van der Waals surface area contributed by atoms with Crippen LogP contribution in [0.5, 0.6) is 5.75 Å². The normalized spacial score (nSPS) is 14.0. The van der Waals surface area contributed by atoms with Gasteiger partial charge in [0.2, 0.25) is 0 Å². The van der Waals surface area contributed by atoms with Crippen LogP contribution < -0.4 is 9.64 Å². The second kappa shape index (κ2) is 8.87. The fourth-order valence-electron chi connectivity index (χ4n) is 4.04. The Morgan fingerprint density at radius 3 is 1.36 bits per heavy atom. The van der Waals surface area contributed by atoms with Gasteiger partial charge in [0.1, 0.15) is 11.4 Å². The lowest BCUT2D eigenvalue weighted by Crippen LogP contribution is -2.30. The highest BCUT2D eigenvalue weighted by molar-refractivity contribution is 5.55. The summed E-state index contributed by atoms with van der Waals surface area (Å²) in [6.07, 6.45) is 0. The summed E-state index contributed by atoms with van der Waals surface area (Å²) >= 11 is 0. The maximum absolute atomic E-state index is 12.5. The highest BCUT2D eigenvalue weighted by Crippen LogP contribution is 2.41. The number of benzene rings is 3. The van der Waals surface area contributed by atoms with Crippen LogP contribution >= 0.6 is 0 Å². The van der Waals surface area contributed by atoms with Crippen LogP contribution in [-0.2, 0) is 16.4 Å². The standard InChI is InChI=1S/C30H39NO2/c1-28(2,3)23-18-24(29(4,5)6)20-25(19-23)30(32,22-12-16-27(33-9)17-13-22)21-10-14-26(15-11-21)31(7)8/h10-20,32H,1-9H3. The van der Waals surface area contributed by atoms with Gasteiger partial charge in [0, 0.05) is 19.8 Å². The zero-order valence-electron chi connectivity index (χ0n) is 21.7. The summed E-state index contributed by atoms with van der Waals surface area (Å²) in [6.45, 7) is 13.3. The molecular formula is C30H39NO2. The van der Waals surface area contributed by atoms with E-state index in [0.29, 0.717) is 0 Å². The van der Waals surface area contributed by atoms with Crippen molar-refractivity contribution in [3.8, 4) is 5.75 Å². The summed E-state index contributed by atoms with van der Waals surface area (Å²) in [5.74, 6) is 0.767. The smallest absolute Gasteiger partial charge is 0.140 e. The molecule has 33 heavy (non-hydrogen) atoms. The van der Waals surface area contributed by atoms with Gasteiger partial charge in [-0.25, -0.2) is 0 Å². The maximum atomic E-state index is 12.5. The topological polar surface area (TPSA) is 32.7 Å². The molecule has 0 saturated carbocycles. The van der Waals surface area contributed by atoms with Crippen LogP contribution in [0.2, 0.25) is 0 Å². The van der Waals surface area contributed by atoms with Crippen molar-refractivity contribution < 1.29 is 9.84 Å². The Kier molecular flexibility index (Phi) is 6.68. The molecule has 3 nitrogen and oxygen atoms in total. The summed E-state index contributed by atoms with van der Waals surface area (Å²) in [7, 11) is 5.70. The summed E-state index contributed by atoms with van der Waals surface area (Å²) in [6, 6.07) is 22.5. The number of rotatable bonds is 5. The summed E-state index contributed by atoms with van der Waals surface area (Å²) in [4.78, 5) is 2.06. The molecule has 0 aliphatic heterocycles. The second-order valence-electron chi connectivity index (χ2n) is 11.2. The van der Waals surface area contributed by atoms with Crippen molar-refractivity contribution in [2.24, 2.45) is 0 Å². The largest absolute Gasteiger partial charge is 0.497 e. The molecule has 0 saturated heterocycles. The molecule has 0 radical (unpaired) electrons. The molecule has 0 fully saturated rings. The Labute approximate surface area is 200 Å². The van der Waals surface area contributed by atoms with E-state index in [2.05, 4.69) is 76.8 Å². The lowest BCUT2D eigenvalue weighted by Gasteiger charge is -2.34. The van der Waals surface area contributed by atoms with Crippen LogP contribution in [0.25, 0.3) is 0 Å². The third-order valence-electron chi connectivity index (χ3n) is 6.39. The van der Waals surface area contributed by atoms with E-state index in [1.807, 2.05) is 50.5 Å². The number of ether oxygens (including phenoxy) is 1. The average molecular weight is 446 g/mol. The molecule has 176 valence electrons. The number of hydrogen-bond donors (Lipinski definition) is 1. The summed E-state index contributed by atoms with van der Waals surface area (Å²) in [5, 5.41) is 12.5. The van der Waals surface area contributed by atoms with Crippen LogP contribution in [-0.4, -0.2) is 26.3 Å². The van der Waals surface area contributed by atoms with Gasteiger partial charge in [0.25, 0.3) is 0 Å². The molecule has 0 aliphatic carbocycles. The Hall–Kier alpha value is -2.78. The minimum absolute atomic E-state index is 0.0500. The molecule has 0 amide bonds. The van der Waals surface area contributed by atoms with Crippen LogP contribution in [0.1, 0.15) is 69.4 Å². The van der Waals surface area contributed by atoms with Gasteiger partial charge in [-0.15, -0.1) is 0 Å². The van der Waals surface area contributed by atoms with Crippen LogP contribution in [0.15, 0.2) is 66.7 Å². The Morgan fingerprint density at radius 1 is 0.606 bits per heavy atom. The van der Waals surface area contributed by atoms with Crippen molar-refractivity contribution in [3.63, 3.8) is 0 Å².